The normalized spacial score (nSPS) is 14.8. The van der Waals surface area contributed by atoms with Crippen LogP contribution in [0.5, 0.6) is 0 Å². The molecule has 11 nitrogen and oxygen atoms in total. The summed E-state index contributed by atoms with van der Waals surface area (Å²) in [7, 11) is -4.74. The van der Waals surface area contributed by atoms with Gasteiger partial charge in [0.2, 0.25) is 0 Å². The first-order valence-electron chi connectivity index (χ1n) is 18.6. The van der Waals surface area contributed by atoms with Gasteiger partial charge in [0.1, 0.15) is 12.6 Å². The van der Waals surface area contributed by atoms with E-state index >= 15 is 0 Å². The van der Waals surface area contributed by atoms with Gasteiger partial charge < -0.3 is 25.2 Å². The van der Waals surface area contributed by atoms with E-state index in [4.69, 9.17) is 24.8 Å². The molecule has 3 unspecified atom stereocenters. The Hall–Kier alpha value is -3.34. The van der Waals surface area contributed by atoms with Gasteiger partial charge in [-0.3, -0.25) is 23.4 Å². The smallest absolute Gasteiger partial charge is 0.472 e. The number of aliphatic carboxylic acids is 1. The lowest BCUT2D eigenvalue weighted by Crippen LogP contribution is -2.34. The highest BCUT2D eigenvalue weighted by Crippen LogP contribution is 2.43. The summed E-state index contributed by atoms with van der Waals surface area (Å²) in [4.78, 5) is 45.7. The molecule has 0 radical (unpaired) electrons. The van der Waals surface area contributed by atoms with Gasteiger partial charge >= 0.3 is 25.7 Å². The number of allylic oxidation sites excluding steroid dienone is 13. The van der Waals surface area contributed by atoms with Crippen LogP contribution in [0.15, 0.2) is 85.1 Å². The molecule has 0 aromatic carbocycles. The van der Waals surface area contributed by atoms with Crippen molar-refractivity contribution in [3.8, 4) is 0 Å². The number of hydrogen-bond acceptors (Lipinski definition) is 9. The maximum absolute atomic E-state index is 12.5. The SMILES string of the molecule is CC/C=C\C/C=C\C/C=C\C/C=C\C/C=C\CC(=O)OC(COC(=O)CCCCCCC/C=C\C/C=C\CCC)COP(=O)(O)OCC(N)C(=O)O. The zero-order valence-electron chi connectivity index (χ0n) is 31.4. The van der Waals surface area contributed by atoms with E-state index in [1.807, 2.05) is 18.2 Å². The fourth-order valence-electron chi connectivity index (χ4n) is 4.23. The van der Waals surface area contributed by atoms with Gasteiger partial charge in [0.15, 0.2) is 6.10 Å². The minimum Gasteiger partial charge on any atom is -0.480 e. The zero-order valence-corrected chi connectivity index (χ0v) is 32.3. The van der Waals surface area contributed by atoms with Gasteiger partial charge in [0.25, 0.3) is 0 Å². The quantitative estimate of drug-likeness (QED) is 0.0253. The first-order chi connectivity index (χ1) is 25.1. The summed E-state index contributed by atoms with van der Waals surface area (Å²) in [6.45, 7) is 2.46. The Morgan fingerprint density at radius 1 is 0.635 bits per heavy atom. The molecule has 0 spiro atoms. The predicted octanol–water partition coefficient (Wildman–Crippen LogP) is 9.16. The van der Waals surface area contributed by atoms with Crippen molar-refractivity contribution in [1.29, 1.82) is 0 Å². The molecule has 0 fully saturated rings. The van der Waals surface area contributed by atoms with Crippen LogP contribution < -0.4 is 5.73 Å². The van der Waals surface area contributed by atoms with Gasteiger partial charge in [0, 0.05) is 6.42 Å². The Bertz CT molecular complexity index is 1200. The Morgan fingerprint density at radius 3 is 1.71 bits per heavy atom. The summed E-state index contributed by atoms with van der Waals surface area (Å²) in [5.74, 6) is -2.57. The lowest BCUT2D eigenvalue weighted by atomic mass is 10.1. The number of rotatable bonds is 33. The number of carbonyl (C=O) groups is 3. The average Bonchev–Trinajstić information content (AvgIpc) is 3.12. The summed E-state index contributed by atoms with van der Waals surface area (Å²) in [6, 6.07) is -1.54. The van der Waals surface area contributed by atoms with Gasteiger partial charge in [-0.2, -0.15) is 0 Å². The second kappa shape index (κ2) is 34.7. The zero-order chi connectivity index (χ0) is 38.5. The third-order valence-electron chi connectivity index (χ3n) is 7.14. The molecule has 0 heterocycles. The first kappa shape index (κ1) is 48.7. The van der Waals surface area contributed by atoms with Gasteiger partial charge in [-0.1, -0.05) is 125 Å². The number of carbonyl (C=O) groups excluding carboxylic acids is 2. The molecule has 0 aliphatic heterocycles. The number of esters is 2. The van der Waals surface area contributed by atoms with E-state index < -0.39 is 57.7 Å². The highest BCUT2D eigenvalue weighted by molar-refractivity contribution is 7.47. The van der Waals surface area contributed by atoms with Crippen LogP contribution in [-0.2, 0) is 37.5 Å². The van der Waals surface area contributed by atoms with Crippen molar-refractivity contribution in [2.24, 2.45) is 5.73 Å². The Balaban J connectivity index is 4.65. The first-order valence-corrected chi connectivity index (χ1v) is 20.1. The van der Waals surface area contributed by atoms with Crippen LogP contribution in [0, 0.1) is 0 Å². The molecular formula is C40H64NO10P. The summed E-state index contributed by atoms with van der Waals surface area (Å²) >= 11 is 0. The topological polar surface area (TPSA) is 172 Å². The number of phosphoric ester groups is 1. The number of unbranched alkanes of at least 4 members (excludes halogenated alkanes) is 6. The van der Waals surface area contributed by atoms with Crippen LogP contribution in [-0.4, -0.2) is 59.9 Å². The number of carboxylic acid groups (broad SMARTS) is 1. The molecule has 0 amide bonds. The van der Waals surface area contributed by atoms with Crippen molar-refractivity contribution < 1.29 is 47.5 Å². The molecule has 0 aliphatic rings. The molecule has 0 saturated carbocycles. The third kappa shape index (κ3) is 33.8. The number of nitrogens with two attached hydrogens (primary N) is 1. The summed E-state index contributed by atoms with van der Waals surface area (Å²) in [5, 5.41) is 8.85. The van der Waals surface area contributed by atoms with Gasteiger partial charge in [-0.05, 0) is 64.2 Å². The highest BCUT2D eigenvalue weighted by atomic mass is 31.2. The van der Waals surface area contributed by atoms with E-state index in [1.54, 1.807) is 6.08 Å². The summed E-state index contributed by atoms with van der Waals surface area (Å²) < 4.78 is 32.4. The van der Waals surface area contributed by atoms with Crippen LogP contribution >= 0.6 is 7.82 Å². The lowest BCUT2D eigenvalue weighted by Gasteiger charge is -2.20. The maximum Gasteiger partial charge on any atom is 0.472 e. The van der Waals surface area contributed by atoms with Crippen LogP contribution in [0.25, 0.3) is 0 Å². The third-order valence-corrected chi connectivity index (χ3v) is 8.09. The van der Waals surface area contributed by atoms with Crippen molar-refractivity contribution >= 4 is 25.7 Å². The monoisotopic (exact) mass is 749 g/mol. The molecule has 3 atom stereocenters. The number of carboxylic acids is 1. The standard InChI is InChI=1S/C40H64NO10P/c1-3-5-7-9-11-13-15-17-18-20-22-24-26-28-30-32-39(43)51-36(34-49-52(46,47)50-35-37(41)40(44)45)33-48-38(42)31-29-27-25-23-21-19-16-14-12-10-8-6-4-2/h5,7-8,10-11,13-14,16-18,22,24,28,30,36-37H,3-4,6,9,12,15,19-21,23,25-27,29,31-35,41H2,1-2H3,(H,44,45)(H,46,47)/b7-5-,10-8-,13-11-,16-14-,18-17-,24-22-,30-28-. The van der Waals surface area contributed by atoms with E-state index in [0.29, 0.717) is 12.8 Å². The van der Waals surface area contributed by atoms with Gasteiger partial charge in [0.05, 0.1) is 19.6 Å². The van der Waals surface area contributed by atoms with Crippen molar-refractivity contribution in [2.45, 2.75) is 129 Å². The molecule has 294 valence electrons. The van der Waals surface area contributed by atoms with E-state index in [1.165, 1.54) is 0 Å². The fraction of sp³-hybridized carbons (Fsp3) is 0.575. The van der Waals surface area contributed by atoms with E-state index in [9.17, 15) is 23.8 Å². The summed E-state index contributed by atoms with van der Waals surface area (Å²) in [6.07, 6.45) is 41.2. The van der Waals surface area contributed by atoms with E-state index in [0.717, 1.165) is 77.0 Å². The Morgan fingerprint density at radius 2 is 1.13 bits per heavy atom. The number of hydrogen-bond donors (Lipinski definition) is 3. The predicted molar refractivity (Wildman–Crippen MR) is 207 cm³/mol. The minimum atomic E-state index is -4.74. The molecule has 0 aromatic heterocycles. The largest absolute Gasteiger partial charge is 0.480 e. The van der Waals surface area contributed by atoms with Crippen molar-refractivity contribution in [3.05, 3.63) is 85.1 Å². The number of ether oxygens (including phenoxy) is 2. The second-order valence-corrected chi connectivity index (χ2v) is 13.4. The van der Waals surface area contributed by atoms with Crippen LogP contribution in [0.1, 0.15) is 117 Å². The summed E-state index contributed by atoms with van der Waals surface area (Å²) in [5.41, 5.74) is 5.30. The van der Waals surface area contributed by atoms with Crippen LogP contribution in [0.2, 0.25) is 0 Å². The Labute approximate surface area is 312 Å². The number of phosphoric acid groups is 1. The second-order valence-electron chi connectivity index (χ2n) is 12.0. The average molecular weight is 750 g/mol. The van der Waals surface area contributed by atoms with Crippen molar-refractivity contribution in [3.63, 3.8) is 0 Å². The van der Waals surface area contributed by atoms with Crippen molar-refractivity contribution in [2.75, 3.05) is 19.8 Å². The molecule has 0 aliphatic carbocycles. The van der Waals surface area contributed by atoms with Crippen molar-refractivity contribution in [1.82, 2.24) is 0 Å². The molecule has 0 bridgehead atoms. The van der Waals surface area contributed by atoms with E-state index in [2.05, 4.69) is 79.1 Å². The Kier molecular flexibility index (Phi) is 32.5. The molecule has 52 heavy (non-hydrogen) atoms. The highest BCUT2D eigenvalue weighted by Gasteiger charge is 2.28. The lowest BCUT2D eigenvalue weighted by molar-refractivity contribution is -0.160. The molecule has 12 heteroatoms. The molecular weight excluding hydrogens is 685 g/mol. The molecule has 0 aromatic rings. The fourth-order valence-corrected chi connectivity index (χ4v) is 5.01. The minimum absolute atomic E-state index is 0.0789. The van der Waals surface area contributed by atoms with Gasteiger partial charge in [-0.15, -0.1) is 0 Å². The molecule has 0 saturated heterocycles. The molecule has 4 N–H and O–H groups in total. The van der Waals surface area contributed by atoms with Crippen LogP contribution in [0.4, 0.5) is 0 Å². The maximum atomic E-state index is 12.5. The van der Waals surface area contributed by atoms with Gasteiger partial charge in [-0.25, -0.2) is 4.57 Å². The van der Waals surface area contributed by atoms with Crippen LogP contribution in [0.3, 0.4) is 0 Å². The van der Waals surface area contributed by atoms with E-state index in [-0.39, 0.29) is 12.8 Å². The molecule has 0 rings (SSSR count).